The summed E-state index contributed by atoms with van der Waals surface area (Å²) in [5.41, 5.74) is 0.0409. The van der Waals surface area contributed by atoms with Gasteiger partial charge in [-0.1, -0.05) is 35.9 Å². The van der Waals surface area contributed by atoms with Gasteiger partial charge in [0.2, 0.25) is 5.82 Å². The van der Waals surface area contributed by atoms with Gasteiger partial charge in [-0.05, 0) is 25.8 Å². The zero-order valence-electron chi connectivity index (χ0n) is 16.9. The lowest BCUT2D eigenvalue weighted by Crippen LogP contribution is -2.32. The highest BCUT2D eigenvalue weighted by molar-refractivity contribution is 7.93. The molecule has 0 bridgehead atoms. The second kappa shape index (κ2) is 9.04. The van der Waals surface area contributed by atoms with Crippen LogP contribution in [0.3, 0.4) is 0 Å². The van der Waals surface area contributed by atoms with Crippen LogP contribution in [-0.2, 0) is 9.84 Å². The highest BCUT2D eigenvalue weighted by Gasteiger charge is 2.53. The van der Waals surface area contributed by atoms with Crippen LogP contribution in [0.4, 0.5) is 0 Å². The number of nitrogens with one attached hydrogen (secondary N) is 1. The average Bonchev–Trinajstić information content (AvgIpc) is 3.52. The summed E-state index contributed by atoms with van der Waals surface area (Å²) in [7, 11) is -3.28. The van der Waals surface area contributed by atoms with E-state index in [1.54, 1.807) is 19.1 Å². The molecule has 1 N–H and O–H groups in total. The van der Waals surface area contributed by atoms with E-state index < -0.39 is 33.3 Å². The molecule has 1 saturated carbocycles. The summed E-state index contributed by atoms with van der Waals surface area (Å²) in [4.78, 5) is 20.3. The molecule has 0 spiro atoms. The van der Waals surface area contributed by atoms with Gasteiger partial charge in [-0.15, -0.1) is 0 Å². The van der Waals surface area contributed by atoms with Crippen LogP contribution >= 0.6 is 11.6 Å². The lowest BCUT2D eigenvalue weighted by Gasteiger charge is -2.24. The van der Waals surface area contributed by atoms with Crippen LogP contribution in [0.25, 0.3) is 0 Å². The maximum Gasteiger partial charge on any atom is 0.289 e. The van der Waals surface area contributed by atoms with Crippen molar-refractivity contribution in [3.05, 3.63) is 64.6 Å². The maximum absolute atomic E-state index is 12.3. The molecule has 2 atom stereocenters. The molecule has 2 aromatic rings. The van der Waals surface area contributed by atoms with Gasteiger partial charge in [0.1, 0.15) is 6.10 Å². The lowest BCUT2D eigenvalue weighted by atomic mass is 9.94. The Kier molecular flexibility index (Phi) is 6.62. The SMILES string of the molecule is C[C@H](/C=C/S(C)(=O)=O)NC(=O)c1ncc(O[C@@H](c2ccccc2Cl)C2(C#N)CC2)cn1. The lowest BCUT2D eigenvalue weighted by molar-refractivity contribution is 0.0935. The van der Waals surface area contributed by atoms with Gasteiger partial charge in [0, 0.05) is 28.3 Å². The van der Waals surface area contributed by atoms with E-state index in [9.17, 15) is 18.5 Å². The minimum absolute atomic E-state index is 0.0948. The van der Waals surface area contributed by atoms with Crippen LogP contribution < -0.4 is 10.1 Å². The fourth-order valence-electron chi connectivity index (χ4n) is 2.94. The number of benzene rings is 1. The first-order chi connectivity index (χ1) is 14.6. The number of carbonyl (C=O) groups excluding carboxylic acids is 1. The smallest absolute Gasteiger partial charge is 0.289 e. The number of carbonyl (C=O) groups is 1. The molecule has 8 nitrogen and oxygen atoms in total. The van der Waals surface area contributed by atoms with Crippen molar-refractivity contribution in [1.29, 1.82) is 5.26 Å². The van der Waals surface area contributed by atoms with Crippen LogP contribution in [0.5, 0.6) is 5.75 Å². The standard InChI is InChI=1S/C21H21ClN4O4S/c1-14(7-10-31(2,28)29)26-20(27)19-24-11-15(12-25-19)30-18(21(13-23)8-9-21)16-5-3-4-6-17(16)22/h3-7,10-12,14,18H,8-9H2,1-2H3,(H,26,27)/b10-7+/t14-,18+/m1/s1. The molecule has 3 rings (SSSR count). The number of nitriles is 1. The van der Waals surface area contributed by atoms with Crippen molar-refractivity contribution in [3.63, 3.8) is 0 Å². The van der Waals surface area contributed by atoms with Gasteiger partial charge >= 0.3 is 0 Å². The number of rotatable bonds is 8. The molecule has 162 valence electrons. The van der Waals surface area contributed by atoms with Crippen LogP contribution in [-0.4, -0.2) is 36.6 Å². The number of hydrogen-bond donors (Lipinski definition) is 1. The maximum atomic E-state index is 12.3. The molecule has 10 heteroatoms. The summed E-state index contributed by atoms with van der Waals surface area (Å²) in [6.07, 6.45) is 5.94. The van der Waals surface area contributed by atoms with E-state index in [-0.39, 0.29) is 5.82 Å². The van der Waals surface area contributed by atoms with Crippen LogP contribution in [0.1, 0.15) is 42.1 Å². The third-order valence-corrected chi connectivity index (χ3v) is 5.76. The molecular formula is C21H21ClN4O4S. The normalized spacial score (nSPS) is 16.8. The minimum Gasteiger partial charge on any atom is -0.481 e. The molecule has 0 unspecified atom stereocenters. The highest BCUT2D eigenvalue weighted by Crippen LogP contribution is 2.56. The summed E-state index contributed by atoms with van der Waals surface area (Å²) in [5.74, 6) is -0.355. The van der Waals surface area contributed by atoms with E-state index in [0.29, 0.717) is 29.2 Å². The first kappa shape index (κ1) is 22.7. The molecule has 0 aliphatic heterocycles. The molecule has 0 saturated heterocycles. The van der Waals surface area contributed by atoms with E-state index in [1.807, 2.05) is 12.1 Å². The van der Waals surface area contributed by atoms with Crippen molar-refractivity contribution in [2.24, 2.45) is 5.41 Å². The van der Waals surface area contributed by atoms with Gasteiger partial charge in [0.05, 0.1) is 23.9 Å². The second-order valence-electron chi connectivity index (χ2n) is 7.45. The largest absolute Gasteiger partial charge is 0.481 e. The summed E-state index contributed by atoms with van der Waals surface area (Å²) in [6.45, 7) is 1.63. The quantitative estimate of drug-likeness (QED) is 0.641. The molecule has 1 aliphatic carbocycles. The predicted molar refractivity (Wildman–Crippen MR) is 115 cm³/mol. The van der Waals surface area contributed by atoms with Crippen molar-refractivity contribution in [1.82, 2.24) is 15.3 Å². The number of sulfone groups is 1. The minimum atomic E-state index is -3.28. The summed E-state index contributed by atoms with van der Waals surface area (Å²) < 4.78 is 28.4. The van der Waals surface area contributed by atoms with Gasteiger partial charge in [0.25, 0.3) is 5.91 Å². The van der Waals surface area contributed by atoms with Crippen molar-refractivity contribution in [2.75, 3.05) is 6.26 Å². The van der Waals surface area contributed by atoms with E-state index in [1.165, 1.54) is 18.5 Å². The van der Waals surface area contributed by atoms with Crippen molar-refractivity contribution < 1.29 is 17.9 Å². The number of amides is 1. The molecule has 1 fully saturated rings. The van der Waals surface area contributed by atoms with Gasteiger partial charge in [-0.2, -0.15) is 5.26 Å². The number of ether oxygens (including phenoxy) is 1. The van der Waals surface area contributed by atoms with E-state index in [2.05, 4.69) is 21.4 Å². The molecule has 0 radical (unpaired) electrons. The Labute approximate surface area is 185 Å². The summed E-state index contributed by atoms with van der Waals surface area (Å²) in [5, 5.41) is 13.8. The first-order valence-electron chi connectivity index (χ1n) is 9.47. The number of aromatic nitrogens is 2. The van der Waals surface area contributed by atoms with Gasteiger partial charge in [-0.3, -0.25) is 4.79 Å². The first-order valence-corrected chi connectivity index (χ1v) is 11.8. The Balaban J connectivity index is 1.73. The Hall–Kier alpha value is -2.96. The van der Waals surface area contributed by atoms with E-state index >= 15 is 0 Å². The molecule has 1 aromatic carbocycles. The fraction of sp³-hybridized carbons (Fsp3) is 0.333. The topological polar surface area (TPSA) is 122 Å². The zero-order valence-corrected chi connectivity index (χ0v) is 18.5. The third-order valence-electron chi connectivity index (χ3n) is 4.76. The molecule has 1 aromatic heterocycles. The van der Waals surface area contributed by atoms with Crippen LogP contribution in [0.15, 0.2) is 48.1 Å². The predicted octanol–water partition coefficient (Wildman–Crippen LogP) is 3.23. The zero-order chi connectivity index (χ0) is 22.6. The highest BCUT2D eigenvalue weighted by atomic mass is 35.5. The van der Waals surface area contributed by atoms with E-state index in [0.717, 1.165) is 11.7 Å². The number of hydrogen-bond acceptors (Lipinski definition) is 7. The van der Waals surface area contributed by atoms with Crippen molar-refractivity contribution >= 4 is 27.3 Å². The van der Waals surface area contributed by atoms with Gasteiger partial charge in [0.15, 0.2) is 15.6 Å². The molecule has 31 heavy (non-hydrogen) atoms. The fourth-order valence-corrected chi connectivity index (χ4v) is 3.70. The monoisotopic (exact) mass is 460 g/mol. The van der Waals surface area contributed by atoms with Crippen molar-refractivity contribution in [3.8, 4) is 11.8 Å². The second-order valence-corrected chi connectivity index (χ2v) is 9.79. The molecule has 1 heterocycles. The third kappa shape index (κ3) is 5.81. The van der Waals surface area contributed by atoms with E-state index in [4.69, 9.17) is 16.3 Å². The summed E-state index contributed by atoms with van der Waals surface area (Å²) in [6, 6.07) is 8.99. The molecular weight excluding hydrogens is 440 g/mol. The molecule has 1 aliphatic rings. The molecule has 1 amide bonds. The Morgan fingerprint density at radius 1 is 1.32 bits per heavy atom. The van der Waals surface area contributed by atoms with Gasteiger partial charge in [-0.25, -0.2) is 18.4 Å². The Bertz CT molecular complexity index is 1140. The Morgan fingerprint density at radius 2 is 1.97 bits per heavy atom. The Morgan fingerprint density at radius 3 is 2.52 bits per heavy atom. The average molecular weight is 461 g/mol. The van der Waals surface area contributed by atoms with Gasteiger partial charge < -0.3 is 10.1 Å². The summed E-state index contributed by atoms with van der Waals surface area (Å²) >= 11 is 6.33. The van der Waals surface area contributed by atoms with Crippen molar-refractivity contribution in [2.45, 2.75) is 31.9 Å². The van der Waals surface area contributed by atoms with Crippen LogP contribution in [0.2, 0.25) is 5.02 Å². The number of halogens is 1. The van der Waals surface area contributed by atoms with Crippen LogP contribution in [0, 0.1) is 16.7 Å². The number of nitrogens with zero attached hydrogens (tertiary/aromatic N) is 3.